The molecule has 0 heterocycles. The smallest absolute Gasteiger partial charge is 0.303 e. The zero-order valence-electron chi connectivity index (χ0n) is 13.7. The third-order valence-electron chi connectivity index (χ3n) is 3.65. The number of carbonyl (C=O) groups is 1. The number of hydrogen-bond acceptors (Lipinski definition) is 1. The quantitative estimate of drug-likeness (QED) is 0.210. The number of carboxylic acids is 1. The van der Waals surface area contributed by atoms with Crippen LogP contribution in [-0.4, -0.2) is 11.1 Å². The molecule has 0 fully saturated rings. The van der Waals surface area contributed by atoms with E-state index in [2.05, 4.69) is 19.1 Å². The molecule has 0 saturated heterocycles. The average Bonchev–Trinajstić information content (AvgIpc) is 2.43. The molecular weight excluding hydrogens is 351 g/mol. The van der Waals surface area contributed by atoms with E-state index in [1.165, 1.54) is 70.6 Å². The number of carboxylic acid groups (broad SMARTS) is 1. The van der Waals surface area contributed by atoms with Gasteiger partial charge in [-0.05, 0) is 32.1 Å². The van der Waals surface area contributed by atoms with Gasteiger partial charge >= 0.3 is 5.97 Å². The van der Waals surface area contributed by atoms with Gasteiger partial charge in [0.15, 0.2) is 0 Å². The Kier molecular flexibility index (Phi) is 21.8. The topological polar surface area (TPSA) is 37.3 Å². The number of rotatable bonds is 15. The molecule has 1 N–H and O–H groups in total. The summed E-state index contributed by atoms with van der Waals surface area (Å²) in [6.07, 6.45) is 21.2. The first kappa shape index (κ1) is 23.1. The molecule has 2 nitrogen and oxygen atoms in total. The van der Waals surface area contributed by atoms with Crippen molar-refractivity contribution in [3.8, 4) is 0 Å². The SMILES string of the molecule is CCCCCCCCC=CCCCCCCCC(=O)O.[Rh]. The van der Waals surface area contributed by atoms with Crippen molar-refractivity contribution in [3.63, 3.8) is 0 Å². The molecule has 127 valence electrons. The predicted molar refractivity (Wildman–Crippen MR) is 87.1 cm³/mol. The van der Waals surface area contributed by atoms with Gasteiger partial charge in [0.2, 0.25) is 0 Å². The van der Waals surface area contributed by atoms with Gasteiger partial charge in [-0.3, -0.25) is 4.79 Å². The van der Waals surface area contributed by atoms with E-state index in [9.17, 15) is 4.79 Å². The minimum absolute atomic E-state index is 0. The van der Waals surface area contributed by atoms with Gasteiger partial charge in [0.25, 0.3) is 0 Å². The molecule has 0 aromatic heterocycles. The maximum absolute atomic E-state index is 10.3. The second-order valence-corrected chi connectivity index (χ2v) is 5.73. The molecule has 1 radical (unpaired) electrons. The number of unbranched alkanes of at least 4 members (excludes halogenated alkanes) is 11. The van der Waals surface area contributed by atoms with Gasteiger partial charge in [-0.2, -0.15) is 0 Å². The number of aliphatic carboxylic acids is 1. The Hall–Kier alpha value is -0.167. The van der Waals surface area contributed by atoms with Crippen molar-refractivity contribution < 1.29 is 29.4 Å². The summed E-state index contributed by atoms with van der Waals surface area (Å²) in [5, 5.41) is 8.51. The van der Waals surface area contributed by atoms with Crippen molar-refractivity contribution >= 4 is 5.97 Å². The molecular formula is C18H34O2Rh. The summed E-state index contributed by atoms with van der Waals surface area (Å²) in [5.41, 5.74) is 0. The van der Waals surface area contributed by atoms with Crippen LogP contribution >= 0.6 is 0 Å². The van der Waals surface area contributed by atoms with E-state index in [1.807, 2.05) is 0 Å². The van der Waals surface area contributed by atoms with Gasteiger partial charge in [-0.1, -0.05) is 70.4 Å². The predicted octanol–water partition coefficient (Wildman–Crippen LogP) is 6.11. The average molecular weight is 385 g/mol. The Morgan fingerprint density at radius 1 is 0.762 bits per heavy atom. The molecule has 0 aliphatic heterocycles. The van der Waals surface area contributed by atoms with Crippen LogP contribution in [0.4, 0.5) is 0 Å². The van der Waals surface area contributed by atoms with Crippen molar-refractivity contribution in [2.45, 2.75) is 96.8 Å². The molecule has 3 heteroatoms. The maximum atomic E-state index is 10.3. The standard InChI is InChI=1S/C18H34O2.Rh/c1-2-3-4-5-6-7-8-9-10-11-12-13-14-15-16-17-18(19)20;/h9-10H,2-8,11-17H2,1H3,(H,19,20);. The molecule has 0 amide bonds. The van der Waals surface area contributed by atoms with E-state index in [1.54, 1.807) is 0 Å². The van der Waals surface area contributed by atoms with Crippen LogP contribution in [-0.2, 0) is 24.3 Å². The summed E-state index contributed by atoms with van der Waals surface area (Å²) >= 11 is 0. The molecule has 0 atom stereocenters. The first-order valence-corrected chi connectivity index (χ1v) is 8.64. The normalized spacial score (nSPS) is 10.7. The fourth-order valence-electron chi connectivity index (χ4n) is 2.35. The van der Waals surface area contributed by atoms with Gasteiger partial charge in [0, 0.05) is 25.9 Å². The largest absolute Gasteiger partial charge is 0.481 e. The second kappa shape index (κ2) is 19.8. The fraction of sp³-hybridized carbons (Fsp3) is 0.833. The molecule has 0 aromatic rings. The molecule has 0 aliphatic carbocycles. The summed E-state index contributed by atoms with van der Waals surface area (Å²) in [7, 11) is 0. The summed E-state index contributed by atoms with van der Waals surface area (Å²) in [6.45, 7) is 2.26. The van der Waals surface area contributed by atoms with E-state index in [-0.39, 0.29) is 19.5 Å². The molecule has 0 aliphatic rings. The van der Waals surface area contributed by atoms with E-state index in [0.29, 0.717) is 6.42 Å². The van der Waals surface area contributed by atoms with Gasteiger partial charge in [0.05, 0.1) is 0 Å². The number of allylic oxidation sites excluding steroid dienone is 2. The molecule has 0 rings (SSSR count). The van der Waals surface area contributed by atoms with Crippen molar-refractivity contribution in [3.05, 3.63) is 12.2 Å². The van der Waals surface area contributed by atoms with Gasteiger partial charge in [-0.15, -0.1) is 0 Å². The molecule has 21 heavy (non-hydrogen) atoms. The van der Waals surface area contributed by atoms with Crippen molar-refractivity contribution in [1.82, 2.24) is 0 Å². The van der Waals surface area contributed by atoms with Crippen molar-refractivity contribution in [1.29, 1.82) is 0 Å². The molecule has 0 unspecified atom stereocenters. The zero-order valence-corrected chi connectivity index (χ0v) is 15.4. The Balaban J connectivity index is 0. The second-order valence-electron chi connectivity index (χ2n) is 5.73. The third kappa shape index (κ3) is 22.3. The van der Waals surface area contributed by atoms with Crippen LogP contribution in [0.1, 0.15) is 96.8 Å². The van der Waals surface area contributed by atoms with Crippen LogP contribution in [0.25, 0.3) is 0 Å². The Labute approximate surface area is 144 Å². The fourth-order valence-corrected chi connectivity index (χ4v) is 2.35. The summed E-state index contributed by atoms with van der Waals surface area (Å²) in [4.78, 5) is 10.3. The van der Waals surface area contributed by atoms with E-state index < -0.39 is 5.97 Å². The summed E-state index contributed by atoms with van der Waals surface area (Å²) in [6, 6.07) is 0. The molecule has 0 bridgehead atoms. The maximum Gasteiger partial charge on any atom is 0.303 e. The van der Waals surface area contributed by atoms with Crippen LogP contribution in [0.5, 0.6) is 0 Å². The number of hydrogen-bond donors (Lipinski definition) is 1. The monoisotopic (exact) mass is 385 g/mol. The molecule has 0 aromatic carbocycles. The van der Waals surface area contributed by atoms with Gasteiger partial charge in [-0.25, -0.2) is 0 Å². The van der Waals surface area contributed by atoms with Crippen LogP contribution in [0.2, 0.25) is 0 Å². The first-order chi connectivity index (χ1) is 9.77. The Bertz CT molecular complexity index is 239. The Morgan fingerprint density at radius 3 is 1.67 bits per heavy atom. The van der Waals surface area contributed by atoms with Crippen LogP contribution in [0, 0.1) is 0 Å². The van der Waals surface area contributed by atoms with Crippen molar-refractivity contribution in [2.24, 2.45) is 0 Å². The minimum atomic E-state index is -0.664. The first-order valence-electron chi connectivity index (χ1n) is 8.64. The van der Waals surface area contributed by atoms with Crippen LogP contribution in [0.3, 0.4) is 0 Å². The van der Waals surface area contributed by atoms with Gasteiger partial charge < -0.3 is 5.11 Å². The third-order valence-corrected chi connectivity index (χ3v) is 3.65. The van der Waals surface area contributed by atoms with Crippen LogP contribution in [0.15, 0.2) is 12.2 Å². The molecule has 0 saturated carbocycles. The summed E-state index contributed by atoms with van der Waals surface area (Å²) in [5.74, 6) is -0.664. The van der Waals surface area contributed by atoms with E-state index in [4.69, 9.17) is 5.11 Å². The summed E-state index contributed by atoms with van der Waals surface area (Å²) < 4.78 is 0. The van der Waals surface area contributed by atoms with Crippen LogP contribution < -0.4 is 0 Å². The molecule has 0 spiro atoms. The van der Waals surface area contributed by atoms with E-state index >= 15 is 0 Å². The minimum Gasteiger partial charge on any atom is -0.481 e. The van der Waals surface area contributed by atoms with E-state index in [0.717, 1.165) is 12.8 Å². The van der Waals surface area contributed by atoms with Gasteiger partial charge in [0.1, 0.15) is 0 Å². The Morgan fingerprint density at radius 2 is 1.19 bits per heavy atom. The zero-order chi connectivity index (χ0) is 14.9. The van der Waals surface area contributed by atoms with Crippen molar-refractivity contribution in [2.75, 3.05) is 0 Å².